The predicted molar refractivity (Wildman–Crippen MR) is 88.6 cm³/mol. The SMILES string of the molecule is CNC(=O)CCN(C)CCCOc1cccc(C(N)=S)c1. The van der Waals surface area contributed by atoms with E-state index in [2.05, 4.69) is 10.2 Å². The number of benzene rings is 1. The van der Waals surface area contributed by atoms with Crippen LogP contribution in [0.1, 0.15) is 18.4 Å². The molecule has 21 heavy (non-hydrogen) atoms. The van der Waals surface area contributed by atoms with Gasteiger partial charge >= 0.3 is 0 Å². The number of nitrogens with zero attached hydrogens (tertiary/aromatic N) is 1. The smallest absolute Gasteiger partial charge is 0.221 e. The van der Waals surface area contributed by atoms with Crippen LogP contribution >= 0.6 is 12.2 Å². The molecule has 0 atom stereocenters. The van der Waals surface area contributed by atoms with Crippen LogP contribution in [0.4, 0.5) is 0 Å². The predicted octanol–water partition coefficient (Wildman–Crippen LogP) is 1.16. The molecule has 0 bridgehead atoms. The Balaban J connectivity index is 2.23. The fraction of sp³-hybridized carbons (Fsp3) is 0.467. The average molecular weight is 309 g/mol. The van der Waals surface area contributed by atoms with Crippen molar-refractivity contribution in [1.82, 2.24) is 10.2 Å². The minimum atomic E-state index is 0.0627. The van der Waals surface area contributed by atoms with Gasteiger partial charge in [0.15, 0.2) is 0 Å². The molecular formula is C15H23N3O2S. The van der Waals surface area contributed by atoms with Crippen molar-refractivity contribution >= 4 is 23.1 Å². The second-order valence-electron chi connectivity index (χ2n) is 4.82. The van der Waals surface area contributed by atoms with Crippen LogP contribution in [0.5, 0.6) is 5.75 Å². The maximum absolute atomic E-state index is 11.1. The minimum absolute atomic E-state index is 0.0627. The van der Waals surface area contributed by atoms with E-state index in [0.29, 0.717) is 18.0 Å². The van der Waals surface area contributed by atoms with Crippen LogP contribution in [0.3, 0.4) is 0 Å². The number of amides is 1. The second-order valence-corrected chi connectivity index (χ2v) is 5.26. The molecule has 0 saturated carbocycles. The van der Waals surface area contributed by atoms with Crippen molar-refractivity contribution < 1.29 is 9.53 Å². The Labute approximate surface area is 131 Å². The van der Waals surface area contributed by atoms with E-state index < -0.39 is 0 Å². The Morgan fingerprint density at radius 3 is 2.86 bits per heavy atom. The van der Waals surface area contributed by atoms with E-state index in [-0.39, 0.29) is 5.91 Å². The van der Waals surface area contributed by atoms with Crippen LogP contribution in [0, 0.1) is 0 Å². The summed E-state index contributed by atoms with van der Waals surface area (Å²) >= 11 is 4.93. The highest BCUT2D eigenvalue weighted by atomic mass is 32.1. The lowest BCUT2D eigenvalue weighted by atomic mass is 10.2. The van der Waals surface area contributed by atoms with Crippen molar-refractivity contribution in [3.8, 4) is 5.75 Å². The summed E-state index contributed by atoms with van der Waals surface area (Å²) in [5, 5.41) is 2.61. The Hall–Kier alpha value is -1.66. The van der Waals surface area contributed by atoms with Gasteiger partial charge in [0, 0.05) is 32.1 Å². The Kier molecular flexibility index (Phi) is 7.71. The van der Waals surface area contributed by atoms with Gasteiger partial charge in [-0.2, -0.15) is 0 Å². The zero-order valence-corrected chi connectivity index (χ0v) is 13.4. The highest BCUT2D eigenvalue weighted by molar-refractivity contribution is 7.80. The largest absolute Gasteiger partial charge is 0.494 e. The van der Waals surface area contributed by atoms with Gasteiger partial charge in [0.2, 0.25) is 5.91 Å². The summed E-state index contributed by atoms with van der Waals surface area (Å²) in [5.74, 6) is 0.834. The molecule has 0 heterocycles. The van der Waals surface area contributed by atoms with Gasteiger partial charge in [-0.15, -0.1) is 0 Å². The topological polar surface area (TPSA) is 67.6 Å². The minimum Gasteiger partial charge on any atom is -0.494 e. The van der Waals surface area contributed by atoms with Crippen LogP contribution < -0.4 is 15.8 Å². The van der Waals surface area contributed by atoms with Gasteiger partial charge in [0.25, 0.3) is 0 Å². The van der Waals surface area contributed by atoms with Crippen molar-refractivity contribution in [1.29, 1.82) is 0 Å². The van der Waals surface area contributed by atoms with E-state index >= 15 is 0 Å². The Bertz CT molecular complexity index is 480. The van der Waals surface area contributed by atoms with Gasteiger partial charge in [0.05, 0.1) is 6.61 Å². The first-order valence-electron chi connectivity index (χ1n) is 6.94. The fourth-order valence-electron chi connectivity index (χ4n) is 1.79. The number of ether oxygens (including phenoxy) is 1. The van der Waals surface area contributed by atoms with E-state index in [1.807, 2.05) is 31.3 Å². The molecule has 0 saturated heterocycles. The van der Waals surface area contributed by atoms with Gasteiger partial charge in [0.1, 0.15) is 10.7 Å². The number of nitrogens with one attached hydrogen (secondary N) is 1. The third kappa shape index (κ3) is 7.06. The first kappa shape index (κ1) is 17.4. The van der Waals surface area contributed by atoms with Gasteiger partial charge in [-0.25, -0.2) is 0 Å². The molecule has 0 radical (unpaired) electrons. The van der Waals surface area contributed by atoms with Crippen molar-refractivity contribution in [2.24, 2.45) is 5.73 Å². The molecule has 0 aliphatic rings. The standard InChI is InChI=1S/C15H23N3O2S/c1-17-14(19)7-9-18(2)8-4-10-20-13-6-3-5-12(11-13)15(16)21/h3,5-6,11H,4,7-10H2,1-2H3,(H2,16,21)(H,17,19). The number of carbonyl (C=O) groups is 1. The molecule has 1 rings (SSSR count). The van der Waals surface area contributed by atoms with Crippen LogP contribution in [0.2, 0.25) is 0 Å². The summed E-state index contributed by atoms with van der Waals surface area (Å²) in [4.78, 5) is 13.6. The monoisotopic (exact) mass is 309 g/mol. The Morgan fingerprint density at radius 2 is 2.19 bits per heavy atom. The lowest BCUT2D eigenvalue weighted by Crippen LogP contribution is -2.27. The number of hydrogen-bond acceptors (Lipinski definition) is 4. The van der Waals surface area contributed by atoms with Crippen molar-refractivity contribution in [2.75, 3.05) is 33.8 Å². The molecule has 0 spiro atoms. The molecule has 1 aromatic rings. The quantitative estimate of drug-likeness (QED) is 0.529. The van der Waals surface area contributed by atoms with Crippen LogP contribution in [0.25, 0.3) is 0 Å². The van der Waals surface area contributed by atoms with Crippen molar-refractivity contribution in [3.05, 3.63) is 29.8 Å². The summed E-state index contributed by atoms with van der Waals surface area (Å²) in [6, 6.07) is 7.47. The van der Waals surface area contributed by atoms with Gasteiger partial charge in [-0.1, -0.05) is 24.4 Å². The highest BCUT2D eigenvalue weighted by Crippen LogP contribution is 2.13. The number of hydrogen-bond donors (Lipinski definition) is 2. The summed E-state index contributed by atoms with van der Waals surface area (Å²) in [5.41, 5.74) is 6.39. The normalized spacial score (nSPS) is 10.4. The maximum atomic E-state index is 11.1. The van der Waals surface area contributed by atoms with E-state index in [9.17, 15) is 4.79 Å². The molecule has 0 unspecified atom stereocenters. The molecule has 0 aliphatic carbocycles. The number of thiocarbonyl (C=S) groups is 1. The third-order valence-corrected chi connectivity index (χ3v) is 3.31. The van der Waals surface area contributed by atoms with E-state index in [1.54, 1.807) is 7.05 Å². The van der Waals surface area contributed by atoms with Crippen molar-refractivity contribution in [2.45, 2.75) is 12.8 Å². The first-order valence-corrected chi connectivity index (χ1v) is 7.35. The molecule has 5 nitrogen and oxygen atoms in total. The molecular weight excluding hydrogens is 286 g/mol. The molecule has 0 fully saturated rings. The van der Waals surface area contributed by atoms with E-state index in [1.165, 1.54) is 0 Å². The first-order chi connectivity index (χ1) is 10.0. The van der Waals surface area contributed by atoms with Crippen molar-refractivity contribution in [3.63, 3.8) is 0 Å². The van der Waals surface area contributed by atoms with Gasteiger partial charge < -0.3 is 20.7 Å². The number of carbonyl (C=O) groups excluding carboxylic acids is 1. The van der Waals surface area contributed by atoms with Gasteiger partial charge in [-0.05, 0) is 25.6 Å². The van der Waals surface area contributed by atoms with Crippen LogP contribution in [-0.2, 0) is 4.79 Å². The molecule has 116 valence electrons. The average Bonchev–Trinajstić information content (AvgIpc) is 2.49. The molecule has 0 aliphatic heterocycles. The summed E-state index contributed by atoms with van der Waals surface area (Å²) in [6.45, 7) is 2.24. The summed E-state index contributed by atoms with van der Waals surface area (Å²) in [6.07, 6.45) is 1.41. The van der Waals surface area contributed by atoms with Crippen LogP contribution in [-0.4, -0.2) is 49.6 Å². The van der Waals surface area contributed by atoms with E-state index in [4.69, 9.17) is 22.7 Å². The molecule has 6 heteroatoms. The fourth-order valence-corrected chi connectivity index (χ4v) is 1.92. The molecule has 3 N–H and O–H groups in total. The molecule has 1 amide bonds. The molecule has 0 aromatic heterocycles. The summed E-state index contributed by atoms with van der Waals surface area (Å²) in [7, 11) is 3.65. The van der Waals surface area contributed by atoms with Gasteiger partial charge in [-0.3, -0.25) is 4.79 Å². The lowest BCUT2D eigenvalue weighted by Gasteiger charge is -2.16. The lowest BCUT2D eigenvalue weighted by molar-refractivity contribution is -0.120. The summed E-state index contributed by atoms with van der Waals surface area (Å²) < 4.78 is 5.67. The van der Waals surface area contributed by atoms with E-state index in [0.717, 1.165) is 30.8 Å². The maximum Gasteiger partial charge on any atom is 0.221 e. The third-order valence-electron chi connectivity index (χ3n) is 3.07. The number of rotatable bonds is 9. The van der Waals surface area contributed by atoms with Crippen LogP contribution in [0.15, 0.2) is 24.3 Å². The zero-order chi connectivity index (χ0) is 15.7. The zero-order valence-electron chi connectivity index (χ0n) is 12.6. The number of nitrogens with two attached hydrogens (primary N) is 1. The highest BCUT2D eigenvalue weighted by Gasteiger charge is 2.03. The molecule has 1 aromatic carbocycles. The second kappa shape index (κ2) is 9.31. The Morgan fingerprint density at radius 1 is 1.43 bits per heavy atom.